The van der Waals surface area contributed by atoms with Crippen LogP contribution < -0.4 is 21.5 Å². The molecule has 0 saturated heterocycles. The number of thioether (sulfide) groups is 1. The van der Waals surface area contributed by atoms with Gasteiger partial charge in [0, 0.05) is 29.3 Å². The van der Waals surface area contributed by atoms with E-state index < -0.39 is 17.1 Å². The normalized spacial score (nSPS) is 11.9. The molecular formula is C35H33N5O5S. The average Bonchev–Trinajstić information content (AvgIpc) is 3.66. The summed E-state index contributed by atoms with van der Waals surface area (Å²) in [6, 6.07) is 28.2. The first-order valence-electron chi connectivity index (χ1n) is 14.6. The van der Waals surface area contributed by atoms with Crippen LogP contribution in [0.15, 0.2) is 123 Å². The molecule has 2 aromatic heterocycles. The van der Waals surface area contributed by atoms with Gasteiger partial charge in [-0.3, -0.25) is 23.9 Å². The highest BCUT2D eigenvalue weighted by atomic mass is 32.2. The van der Waals surface area contributed by atoms with Crippen LogP contribution in [0.5, 0.6) is 0 Å². The molecule has 0 radical (unpaired) electrons. The van der Waals surface area contributed by atoms with Crippen LogP contribution in [-0.4, -0.2) is 32.3 Å². The number of nitrogens with one attached hydrogen (secondary N) is 3. The van der Waals surface area contributed by atoms with Crippen molar-refractivity contribution in [3.05, 3.63) is 136 Å². The second kappa shape index (κ2) is 14.5. The SMILES string of the molecule is CCC(Sc1cccc(NC(=O)/C(=C/c2ccco2)NC(=O)c2ccccc2)c1)C(=O)Nc1c(C)n(C)n(-c2ccccc2)c1=O. The molecule has 0 aliphatic carbocycles. The first-order valence-corrected chi connectivity index (χ1v) is 15.5. The van der Waals surface area contributed by atoms with Crippen molar-refractivity contribution in [2.75, 3.05) is 10.6 Å². The van der Waals surface area contributed by atoms with Gasteiger partial charge in [-0.15, -0.1) is 11.8 Å². The molecule has 3 amide bonds. The molecule has 1 atom stereocenters. The maximum absolute atomic E-state index is 13.4. The number of carbonyl (C=O) groups excluding carboxylic acids is 3. The van der Waals surface area contributed by atoms with Crippen LogP contribution in [0, 0.1) is 6.92 Å². The molecule has 2 heterocycles. The Hall–Kier alpha value is -5.55. The van der Waals surface area contributed by atoms with E-state index >= 15 is 0 Å². The molecule has 0 aliphatic heterocycles. The minimum Gasteiger partial charge on any atom is -0.465 e. The van der Waals surface area contributed by atoms with E-state index in [0.29, 0.717) is 34.8 Å². The van der Waals surface area contributed by atoms with Gasteiger partial charge < -0.3 is 20.4 Å². The fourth-order valence-electron chi connectivity index (χ4n) is 4.71. The number of anilines is 2. The monoisotopic (exact) mass is 635 g/mol. The third-order valence-corrected chi connectivity index (χ3v) is 8.55. The van der Waals surface area contributed by atoms with Crippen LogP contribution in [0.3, 0.4) is 0 Å². The first kappa shape index (κ1) is 31.9. The maximum atomic E-state index is 13.4. The number of nitrogens with zero attached hydrogens (tertiary/aromatic N) is 2. The topological polar surface area (TPSA) is 127 Å². The van der Waals surface area contributed by atoms with Crippen molar-refractivity contribution in [3.63, 3.8) is 0 Å². The Morgan fingerprint density at radius 3 is 2.30 bits per heavy atom. The number of para-hydroxylation sites is 1. The van der Waals surface area contributed by atoms with Crippen molar-refractivity contribution in [1.29, 1.82) is 0 Å². The Labute approximate surface area is 270 Å². The van der Waals surface area contributed by atoms with Crippen LogP contribution in [0.25, 0.3) is 11.8 Å². The van der Waals surface area contributed by atoms with Crippen molar-refractivity contribution >= 4 is 46.9 Å². The van der Waals surface area contributed by atoms with Gasteiger partial charge in [-0.05, 0) is 67.9 Å². The van der Waals surface area contributed by atoms with E-state index in [1.165, 1.54) is 28.8 Å². The van der Waals surface area contributed by atoms with Gasteiger partial charge in [0.1, 0.15) is 17.1 Å². The lowest BCUT2D eigenvalue weighted by molar-refractivity contribution is -0.116. The molecule has 234 valence electrons. The summed E-state index contributed by atoms with van der Waals surface area (Å²) in [5.41, 5.74) is 2.09. The summed E-state index contributed by atoms with van der Waals surface area (Å²) in [5, 5.41) is 7.84. The number of hydrogen-bond acceptors (Lipinski definition) is 6. The summed E-state index contributed by atoms with van der Waals surface area (Å²) < 4.78 is 8.59. The number of rotatable bonds is 11. The van der Waals surface area contributed by atoms with Gasteiger partial charge in [0.05, 0.1) is 22.9 Å². The molecule has 0 spiro atoms. The molecule has 0 saturated carbocycles. The first-order chi connectivity index (χ1) is 22.2. The fraction of sp³-hybridized carbons (Fsp3) is 0.143. The van der Waals surface area contributed by atoms with Gasteiger partial charge in [-0.1, -0.05) is 49.4 Å². The van der Waals surface area contributed by atoms with Crippen LogP contribution in [0.4, 0.5) is 11.4 Å². The highest BCUT2D eigenvalue weighted by molar-refractivity contribution is 8.00. The molecule has 5 rings (SSSR count). The zero-order chi connectivity index (χ0) is 32.6. The van der Waals surface area contributed by atoms with Crippen molar-refractivity contribution in [1.82, 2.24) is 14.7 Å². The van der Waals surface area contributed by atoms with Gasteiger partial charge >= 0.3 is 0 Å². The van der Waals surface area contributed by atoms with Crippen LogP contribution in [-0.2, 0) is 16.6 Å². The lowest BCUT2D eigenvalue weighted by atomic mass is 10.2. The van der Waals surface area contributed by atoms with Crippen LogP contribution >= 0.6 is 11.8 Å². The van der Waals surface area contributed by atoms with Crippen molar-refractivity contribution in [2.24, 2.45) is 7.05 Å². The largest absolute Gasteiger partial charge is 0.465 e. The summed E-state index contributed by atoms with van der Waals surface area (Å²) >= 11 is 1.32. The summed E-state index contributed by atoms with van der Waals surface area (Å²) in [5.74, 6) is -0.912. The molecule has 46 heavy (non-hydrogen) atoms. The summed E-state index contributed by atoms with van der Waals surface area (Å²) in [6.45, 7) is 3.68. The van der Waals surface area contributed by atoms with E-state index in [0.717, 1.165) is 4.90 Å². The predicted molar refractivity (Wildman–Crippen MR) is 180 cm³/mol. The van der Waals surface area contributed by atoms with E-state index in [4.69, 9.17) is 4.42 Å². The number of amides is 3. The molecule has 3 N–H and O–H groups in total. The van der Waals surface area contributed by atoms with Gasteiger partial charge in [0.2, 0.25) is 5.91 Å². The molecular weight excluding hydrogens is 602 g/mol. The fourth-order valence-corrected chi connectivity index (χ4v) is 5.72. The maximum Gasteiger partial charge on any atom is 0.295 e. The third kappa shape index (κ3) is 7.39. The number of carbonyl (C=O) groups is 3. The Morgan fingerprint density at radius 2 is 1.63 bits per heavy atom. The molecule has 10 nitrogen and oxygen atoms in total. The Balaban J connectivity index is 1.30. The second-order valence-corrected chi connectivity index (χ2v) is 11.6. The third-order valence-electron chi connectivity index (χ3n) is 7.19. The summed E-state index contributed by atoms with van der Waals surface area (Å²) in [4.78, 5) is 53.7. The molecule has 0 fully saturated rings. The Kier molecular flexibility index (Phi) is 10.0. The molecule has 11 heteroatoms. The van der Waals surface area contributed by atoms with Gasteiger partial charge in [0.15, 0.2) is 0 Å². The molecule has 5 aromatic rings. The second-order valence-electron chi connectivity index (χ2n) is 10.3. The zero-order valence-electron chi connectivity index (χ0n) is 25.5. The Bertz CT molecular complexity index is 1930. The van der Waals surface area contributed by atoms with Gasteiger partial charge in [-0.2, -0.15) is 0 Å². The lowest BCUT2D eigenvalue weighted by Crippen LogP contribution is -2.30. The zero-order valence-corrected chi connectivity index (χ0v) is 26.3. The van der Waals surface area contributed by atoms with Crippen molar-refractivity contribution < 1.29 is 18.8 Å². The standard InChI is InChI=1S/C35H33N5O5S/c1-4-30(34(43)38-31-23(2)39(3)40(35(31)44)26-16-9-6-10-17-26)46-28-19-11-15-25(21-28)36-33(42)29(22-27-18-12-20-45-27)37-32(41)24-13-7-5-8-14-24/h5-22,30H,4H2,1-3H3,(H,36,42)(H,37,41)(H,38,43)/b29-22-. The molecule has 0 aliphatic rings. The number of benzene rings is 3. The van der Waals surface area contributed by atoms with Crippen LogP contribution in [0.2, 0.25) is 0 Å². The van der Waals surface area contributed by atoms with Gasteiger partial charge in [-0.25, -0.2) is 4.68 Å². The van der Waals surface area contributed by atoms with E-state index in [1.54, 1.807) is 79.3 Å². The predicted octanol–water partition coefficient (Wildman–Crippen LogP) is 6.00. The van der Waals surface area contributed by atoms with Crippen molar-refractivity contribution in [2.45, 2.75) is 30.4 Å². The minimum atomic E-state index is -0.554. The molecule has 3 aromatic carbocycles. The minimum absolute atomic E-state index is 0.00735. The highest BCUT2D eigenvalue weighted by Gasteiger charge is 2.24. The average molecular weight is 636 g/mol. The number of aromatic nitrogens is 2. The van der Waals surface area contributed by atoms with E-state index in [2.05, 4.69) is 16.0 Å². The number of furan rings is 1. The molecule has 0 bridgehead atoms. The lowest BCUT2D eigenvalue weighted by Gasteiger charge is -2.15. The summed E-state index contributed by atoms with van der Waals surface area (Å²) in [6.07, 6.45) is 3.41. The quantitative estimate of drug-likeness (QED) is 0.121. The van der Waals surface area contributed by atoms with Crippen molar-refractivity contribution in [3.8, 4) is 5.69 Å². The highest BCUT2D eigenvalue weighted by Crippen LogP contribution is 2.29. The number of hydrogen-bond donors (Lipinski definition) is 3. The Morgan fingerprint density at radius 1 is 0.913 bits per heavy atom. The smallest absolute Gasteiger partial charge is 0.295 e. The van der Waals surface area contributed by atoms with E-state index in [1.807, 2.05) is 43.3 Å². The van der Waals surface area contributed by atoms with E-state index in [9.17, 15) is 19.2 Å². The molecule has 1 unspecified atom stereocenters. The van der Waals surface area contributed by atoms with E-state index in [-0.39, 0.29) is 22.9 Å². The summed E-state index contributed by atoms with van der Waals surface area (Å²) in [7, 11) is 1.77. The van der Waals surface area contributed by atoms with Gasteiger partial charge in [0.25, 0.3) is 17.4 Å². The van der Waals surface area contributed by atoms with Crippen LogP contribution in [0.1, 0.15) is 35.2 Å².